The van der Waals surface area contributed by atoms with E-state index in [0.717, 1.165) is 29.2 Å². The van der Waals surface area contributed by atoms with Crippen LogP contribution >= 0.6 is 22.9 Å². The molecule has 0 bridgehead atoms. The van der Waals surface area contributed by atoms with Gasteiger partial charge in [-0.05, 0) is 41.3 Å². The smallest absolute Gasteiger partial charge is 0.254 e. The number of likely N-dealkylation sites (N-methyl/N-ethyl adjacent to an activating group) is 1. The average Bonchev–Trinajstić information content (AvgIpc) is 3.35. The molecule has 5 nitrogen and oxygen atoms in total. The second kappa shape index (κ2) is 8.60. The number of halogens is 1. The molecule has 0 aliphatic carbocycles. The van der Waals surface area contributed by atoms with Crippen LogP contribution in [0.2, 0.25) is 5.02 Å². The maximum Gasteiger partial charge on any atom is 0.254 e. The molecular weight excluding hydrogens is 442 g/mol. The molecule has 32 heavy (non-hydrogen) atoms. The molecule has 7 heteroatoms. The van der Waals surface area contributed by atoms with Gasteiger partial charge in [-0.1, -0.05) is 41.9 Å². The lowest BCUT2D eigenvalue weighted by molar-refractivity contribution is -0.134. The molecule has 0 N–H and O–H groups in total. The van der Waals surface area contributed by atoms with Gasteiger partial charge >= 0.3 is 0 Å². The van der Waals surface area contributed by atoms with Crippen molar-refractivity contribution >= 4 is 40.4 Å². The number of hydrogen-bond acceptors (Lipinski definition) is 4. The molecule has 0 radical (unpaired) electrons. The quantitative estimate of drug-likeness (QED) is 0.565. The van der Waals surface area contributed by atoms with E-state index in [-0.39, 0.29) is 17.9 Å². The Kier molecular flexibility index (Phi) is 5.66. The van der Waals surface area contributed by atoms with Gasteiger partial charge in [-0.3, -0.25) is 9.59 Å². The fourth-order valence-electron chi connectivity index (χ4n) is 4.81. The monoisotopic (exact) mass is 465 g/mol. The summed E-state index contributed by atoms with van der Waals surface area (Å²) in [6.45, 7) is 2.77. The summed E-state index contributed by atoms with van der Waals surface area (Å²) in [4.78, 5) is 34.0. The Bertz CT molecular complexity index is 1140. The third-order valence-corrected chi connectivity index (χ3v) is 7.62. The van der Waals surface area contributed by atoms with Gasteiger partial charge in [-0.25, -0.2) is 0 Å². The molecule has 2 atom stereocenters. The highest BCUT2D eigenvalue weighted by Crippen LogP contribution is 2.44. The van der Waals surface area contributed by atoms with E-state index >= 15 is 0 Å². The maximum atomic E-state index is 13.9. The van der Waals surface area contributed by atoms with Gasteiger partial charge in [0.05, 0.1) is 12.0 Å². The zero-order chi connectivity index (χ0) is 22.2. The van der Waals surface area contributed by atoms with Crippen molar-refractivity contribution in [1.82, 2.24) is 9.80 Å². The number of thiophene rings is 1. The number of carbonyl (C=O) groups is 2. The Morgan fingerprint density at radius 3 is 2.50 bits per heavy atom. The molecule has 0 unspecified atom stereocenters. The SMILES string of the molecule is CN1C(=O)c2ccccc2[C@@H](C(=O)N2CCN(c3cccc(Cl)c3)CC2)[C@H]1c1cccs1. The van der Waals surface area contributed by atoms with Crippen molar-refractivity contribution in [2.75, 3.05) is 38.1 Å². The van der Waals surface area contributed by atoms with Crippen molar-refractivity contribution in [3.8, 4) is 0 Å². The van der Waals surface area contributed by atoms with Crippen LogP contribution in [0.5, 0.6) is 0 Å². The minimum atomic E-state index is -0.412. The molecule has 164 valence electrons. The number of amides is 2. The second-order valence-corrected chi connectivity index (χ2v) is 9.65. The van der Waals surface area contributed by atoms with E-state index in [9.17, 15) is 9.59 Å². The van der Waals surface area contributed by atoms with Gasteiger partial charge in [0.1, 0.15) is 0 Å². The fourth-order valence-corrected chi connectivity index (χ4v) is 5.90. The van der Waals surface area contributed by atoms with Crippen LogP contribution in [0, 0.1) is 0 Å². The molecule has 2 aliphatic rings. The highest BCUT2D eigenvalue weighted by molar-refractivity contribution is 7.10. The Hall–Kier alpha value is -2.83. The molecule has 0 saturated carbocycles. The summed E-state index contributed by atoms with van der Waals surface area (Å²) >= 11 is 7.75. The summed E-state index contributed by atoms with van der Waals surface area (Å²) in [7, 11) is 1.81. The van der Waals surface area contributed by atoms with Gasteiger partial charge in [0.2, 0.25) is 5.91 Å². The molecule has 1 aromatic heterocycles. The predicted octanol–water partition coefficient (Wildman–Crippen LogP) is 4.66. The third-order valence-electron chi connectivity index (χ3n) is 6.45. The van der Waals surface area contributed by atoms with Gasteiger partial charge in [0.15, 0.2) is 0 Å². The predicted molar refractivity (Wildman–Crippen MR) is 129 cm³/mol. The summed E-state index contributed by atoms with van der Waals surface area (Å²) in [5, 5.41) is 2.71. The van der Waals surface area contributed by atoms with Gasteiger partial charge in [0.25, 0.3) is 5.91 Å². The van der Waals surface area contributed by atoms with Crippen molar-refractivity contribution in [2.24, 2.45) is 0 Å². The largest absolute Gasteiger partial charge is 0.368 e. The summed E-state index contributed by atoms with van der Waals surface area (Å²) in [6, 6.07) is 19.1. The Balaban J connectivity index is 1.43. The van der Waals surface area contributed by atoms with Gasteiger partial charge in [-0.15, -0.1) is 11.3 Å². The van der Waals surface area contributed by atoms with Crippen LogP contribution in [0.1, 0.15) is 32.8 Å². The number of fused-ring (bicyclic) bond motifs is 1. The topological polar surface area (TPSA) is 43.9 Å². The van der Waals surface area contributed by atoms with Crippen LogP contribution in [-0.4, -0.2) is 54.8 Å². The first-order valence-corrected chi connectivity index (χ1v) is 12.0. The minimum absolute atomic E-state index is 0.0335. The van der Waals surface area contributed by atoms with E-state index in [1.165, 1.54) is 0 Å². The second-order valence-electron chi connectivity index (χ2n) is 8.23. The van der Waals surface area contributed by atoms with E-state index in [1.54, 1.807) is 23.3 Å². The molecule has 0 spiro atoms. The van der Waals surface area contributed by atoms with Crippen LogP contribution in [0.4, 0.5) is 5.69 Å². The first kappa shape index (κ1) is 21.0. The van der Waals surface area contributed by atoms with E-state index in [4.69, 9.17) is 11.6 Å². The van der Waals surface area contributed by atoms with E-state index in [0.29, 0.717) is 23.7 Å². The number of anilines is 1. The zero-order valence-corrected chi connectivity index (χ0v) is 19.4. The number of carbonyl (C=O) groups excluding carboxylic acids is 2. The lowest BCUT2D eigenvalue weighted by atomic mass is 9.81. The molecule has 1 saturated heterocycles. The molecule has 2 aromatic carbocycles. The fraction of sp³-hybridized carbons (Fsp3) is 0.280. The average molecular weight is 466 g/mol. The van der Waals surface area contributed by atoms with Crippen LogP contribution in [0.3, 0.4) is 0 Å². The van der Waals surface area contributed by atoms with Crippen LogP contribution in [-0.2, 0) is 4.79 Å². The molecule has 3 heterocycles. The van der Waals surface area contributed by atoms with Crippen molar-refractivity contribution in [2.45, 2.75) is 12.0 Å². The first-order valence-electron chi connectivity index (χ1n) is 10.7. The van der Waals surface area contributed by atoms with Gasteiger partial charge in [0, 0.05) is 54.4 Å². The van der Waals surface area contributed by atoms with E-state index in [1.807, 2.05) is 70.9 Å². The first-order chi connectivity index (χ1) is 15.5. The van der Waals surface area contributed by atoms with Crippen molar-refractivity contribution in [3.05, 3.63) is 87.1 Å². The van der Waals surface area contributed by atoms with Crippen LogP contribution in [0.15, 0.2) is 66.0 Å². The van der Waals surface area contributed by atoms with Crippen molar-refractivity contribution in [3.63, 3.8) is 0 Å². The number of nitrogens with zero attached hydrogens (tertiary/aromatic N) is 3. The Morgan fingerprint density at radius 1 is 1.00 bits per heavy atom. The molecule has 3 aromatic rings. The van der Waals surface area contributed by atoms with Crippen LogP contribution in [0.25, 0.3) is 0 Å². The highest BCUT2D eigenvalue weighted by Gasteiger charge is 2.44. The third kappa shape index (κ3) is 3.67. The highest BCUT2D eigenvalue weighted by atomic mass is 35.5. The minimum Gasteiger partial charge on any atom is -0.368 e. The summed E-state index contributed by atoms with van der Waals surface area (Å²) < 4.78 is 0. The molecule has 2 aliphatic heterocycles. The van der Waals surface area contributed by atoms with Crippen molar-refractivity contribution in [1.29, 1.82) is 0 Å². The summed E-state index contributed by atoms with van der Waals surface area (Å²) in [6.07, 6.45) is 0. The van der Waals surface area contributed by atoms with E-state index < -0.39 is 5.92 Å². The van der Waals surface area contributed by atoms with Crippen LogP contribution < -0.4 is 4.90 Å². The Morgan fingerprint density at radius 2 is 1.78 bits per heavy atom. The normalized spacial score (nSPS) is 20.9. The number of benzene rings is 2. The number of hydrogen-bond donors (Lipinski definition) is 0. The van der Waals surface area contributed by atoms with E-state index in [2.05, 4.69) is 4.90 Å². The number of rotatable bonds is 3. The zero-order valence-electron chi connectivity index (χ0n) is 17.8. The van der Waals surface area contributed by atoms with Gasteiger partial charge < -0.3 is 14.7 Å². The molecular formula is C25H24ClN3O2S. The molecule has 5 rings (SSSR count). The summed E-state index contributed by atoms with van der Waals surface area (Å²) in [5.41, 5.74) is 2.53. The van der Waals surface area contributed by atoms with Gasteiger partial charge in [-0.2, -0.15) is 0 Å². The molecule has 1 fully saturated rings. The molecule has 2 amide bonds. The maximum absolute atomic E-state index is 13.9. The lowest BCUT2D eigenvalue weighted by Crippen LogP contribution is -2.53. The standard InChI is InChI=1S/C25H24ClN3O2S/c1-27-23(21-10-5-15-32-21)22(19-8-2-3-9-20(19)24(27)30)25(31)29-13-11-28(12-14-29)18-7-4-6-17(26)16-18/h2-10,15-16,22-23H,11-14H2,1H3/t22-,23-/m1/s1. The Labute approximate surface area is 196 Å². The van der Waals surface area contributed by atoms with Crippen molar-refractivity contribution < 1.29 is 9.59 Å². The number of piperazine rings is 1. The summed E-state index contributed by atoms with van der Waals surface area (Å²) in [5.74, 6) is -0.361. The lowest BCUT2D eigenvalue weighted by Gasteiger charge is -2.43.